The summed E-state index contributed by atoms with van der Waals surface area (Å²) in [5.74, 6) is 0.00568. The van der Waals surface area contributed by atoms with Crippen LogP contribution in [0.2, 0.25) is 0 Å². The van der Waals surface area contributed by atoms with Crippen LogP contribution in [-0.4, -0.2) is 46.1 Å². The predicted molar refractivity (Wildman–Crippen MR) is 166 cm³/mol. The molecule has 3 aliphatic rings. The van der Waals surface area contributed by atoms with Crippen molar-refractivity contribution < 1.29 is 19.4 Å². The summed E-state index contributed by atoms with van der Waals surface area (Å²) in [6.45, 7) is 12.0. The Bertz CT molecular complexity index is 1390. The lowest BCUT2D eigenvalue weighted by molar-refractivity contribution is -0.276. The van der Waals surface area contributed by atoms with Crippen LogP contribution < -0.4 is 5.32 Å². The number of aromatic nitrogens is 1. The maximum Gasteiger partial charge on any atom is 0.253 e. The molecule has 1 aliphatic carbocycles. The number of carbonyl (C=O) groups is 1. The van der Waals surface area contributed by atoms with E-state index >= 15 is 0 Å². The van der Waals surface area contributed by atoms with E-state index in [-0.39, 0.29) is 30.6 Å². The fourth-order valence-electron chi connectivity index (χ4n) is 7.92. The van der Waals surface area contributed by atoms with E-state index in [2.05, 4.69) is 55.0 Å². The van der Waals surface area contributed by atoms with E-state index in [1.54, 1.807) is 24.5 Å². The smallest absolute Gasteiger partial charge is 0.253 e. The molecule has 0 radical (unpaired) electrons. The van der Waals surface area contributed by atoms with Crippen LogP contribution in [0.1, 0.15) is 92.0 Å². The van der Waals surface area contributed by atoms with Gasteiger partial charge in [0, 0.05) is 49.6 Å². The van der Waals surface area contributed by atoms with Gasteiger partial charge in [0.25, 0.3) is 5.91 Å². The van der Waals surface area contributed by atoms with Gasteiger partial charge in [-0.05, 0) is 58.9 Å². The Morgan fingerprint density at radius 1 is 1.00 bits per heavy atom. The van der Waals surface area contributed by atoms with Crippen LogP contribution in [0.25, 0.3) is 0 Å². The van der Waals surface area contributed by atoms with E-state index in [0.717, 1.165) is 35.3 Å². The molecule has 228 valence electrons. The monoisotopic (exact) mass is 583 g/mol. The highest BCUT2D eigenvalue weighted by Gasteiger charge is 2.51. The topological polar surface area (TPSA) is 83.9 Å². The second kappa shape index (κ2) is 12.1. The van der Waals surface area contributed by atoms with Crippen molar-refractivity contribution in [2.24, 2.45) is 16.7 Å². The summed E-state index contributed by atoms with van der Waals surface area (Å²) in [5, 5.41) is 12.5. The second-order valence-electron chi connectivity index (χ2n) is 14.1. The van der Waals surface area contributed by atoms with Crippen LogP contribution in [0, 0.1) is 16.7 Å². The molecule has 1 saturated carbocycles. The molecule has 6 rings (SSSR count). The number of aliphatic hydroxyl groups excluding tert-OH is 1. The van der Waals surface area contributed by atoms with Crippen molar-refractivity contribution in [1.29, 1.82) is 0 Å². The maximum atomic E-state index is 12.5. The molecule has 6 unspecified atom stereocenters. The summed E-state index contributed by atoms with van der Waals surface area (Å²) in [6, 6.07) is 20.3. The molecule has 2 aromatic carbocycles. The van der Waals surface area contributed by atoms with Crippen LogP contribution in [-0.2, 0) is 22.6 Å². The first kappa shape index (κ1) is 29.9. The molecule has 2 saturated heterocycles. The van der Waals surface area contributed by atoms with E-state index in [0.29, 0.717) is 29.0 Å². The number of rotatable bonds is 8. The Morgan fingerprint density at radius 3 is 2.42 bits per heavy atom. The summed E-state index contributed by atoms with van der Waals surface area (Å²) in [6.07, 6.45) is 6.36. The van der Waals surface area contributed by atoms with Gasteiger partial charge in [-0.15, -0.1) is 0 Å². The van der Waals surface area contributed by atoms with Gasteiger partial charge in [-0.2, -0.15) is 0 Å². The van der Waals surface area contributed by atoms with E-state index in [4.69, 9.17) is 9.47 Å². The zero-order valence-corrected chi connectivity index (χ0v) is 25.8. The number of amides is 1. The standard InChI is InChI=1S/C36H45N3O4/c1-24-31(20-39-23-36(4)17-30(39)16-35(2,3)22-36)42-34(43-32(24)27-11-9-26(21-40)10-12-27)28-13-7-25(8-14-28)18-38-33(41)29-6-5-15-37-19-29/h5-15,19,24,30-32,34,40H,16-18,20-23H2,1-4H3,(H,38,41). The number of benzene rings is 2. The van der Waals surface area contributed by atoms with Crippen molar-refractivity contribution in [1.82, 2.24) is 15.2 Å². The number of nitrogens with zero attached hydrogens (tertiary/aromatic N) is 2. The van der Waals surface area contributed by atoms with Gasteiger partial charge in [-0.25, -0.2) is 0 Å². The highest BCUT2D eigenvalue weighted by atomic mass is 16.7. The molecule has 2 aliphatic heterocycles. The SMILES string of the molecule is CC1C(CN2CC3(C)CC2CC(C)(C)C3)OC(c2ccc(CNC(=O)c3cccnc3)cc2)OC1c1ccc(CO)cc1. The second-order valence-corrected chi connectivity index (χ2v) is 14.1. The number of nitrogens with one attached hydrogen (secondary N) is 1. The molecule has 7 nitrogen and oxygen atoms in total. The average molecular weight is 584 g/mol. The van der Waals surface area contributed by atoms with Crippen molar-refractivity contribution in [2.45, 2.75) is 84.6 Å². The number of hydrogen-bond acceptors (Lipinski definition) is 6. The largest absolute Gasteiger partial charge is 0.392 e. The number of aliphatic hydroxyl groups is 1. The van der Waals surface area contributed by atoms with Gasteiger partial charge in [0.15, 0.2) is 6.29 Å². The normalized spacial score (nSPS) is 30.2. The minimum Gasteiger partial charge on any atom is -0.392 e. The average Bonchev–Trinajstić information content (AvgIpc) is 3.24. The third-order valence-electron chi connectivity index (χ3n) is 9.69. The molecule has 3 aromatic rings. The van der Waals surface area contributed by atoms with Crippen molar-refractivity contribution in [3.05, 3.63) is 101 Å². The number of hydrogen-bond donors (Lipinski definition) is 2. The molecule has 1 aromatic heterocycles. The van der Waals surface area contributed by atoms with Gasteiger partial charge in [0.05, 0.1) is 24.4 Å². The van der Waals surface area contributed by atoms with Gasteiger partial charge >= 0.3 is 0 Å². The molecule has 43 heavy (non-hydrogen) atoms. The quantitative estimate of drug-likeness (QED) is 0.329. The first-order valence-electron chi connectivity index (χ1n) is 15.6. The molecule has 7 heteroatoms. The van der Waals surface area contributed by atoms with Crippen molar-refractivity contribution in [3.8, 4) is 0 Å². The third-order valence-corrected chi connectivity index (χ3v) is 9.69. The Labute approximate surface area is 255 Å². The number of likely N-dealkylation sites (tertiary alicyclic amines) is 1. The first-order chi connectivity index (χ1) is 20.6. The van der Waals surface area contributed by atoms with Crippen molar-refractivity contribution >= 4 is 5.91 Å². The molecule has 2 bridgehead atoms. The minimum absolute atomic E-state index is 0.00535. The zero-order chi connectivity index (χ0) is 30.2. The first-order valence-corrected chi connectivity index (χ1v) is 15.6. The van der Waals surface area contributed by atoms with Crippen LogP contribution in [0.4, 0.5) is 0 Å². The Kier molecular flexibility index (Phi) is 8.44. The molecule has 0 spiro atoms. The fourth-order valence-corrected chi connectivity index (χ4v) is 7.92. The lowest BCUT2D eigenvalue weighted by Crippen LogP contribution is -2.46. The van der Waals surface area contributed by atoms with Crippen LogP contribution in [0.5, 0.6) is 0 Å². The van der Waals surface area contributed by atoms with E-state index < -0.39 is 6.29 Å². The summed E-state index contributed by atoms with van der Waals surface area (Å²) >= 11 is 0. The van der Waals surface area contributed by atoms with Gasteiger partial charge in [-0.1, -0.05) is 76.2 Å². The molecule has 3 heterocycles. The van der Waals surface area contributed by atoms with Gasteiger partial charge in [-0.3, -0.25) is 14.7 Å². The predicted octanol–water partition coefficient (Wildman–Crippen LogP) is 6.20. The van der Waals surface area contributed by atoms with Crippen molar-refractivity contribution in [3.63, 3.8) is 0 Å². The van der Waals surface area contributed by atoms with Gasteiger partial charge in [0.1, 0.15) is 0 Å². The van der Waals surface area contributed by atoms with Crippen molar-refractivity contribution in [2.75, 3.05) is 13.1 Å². The molecule has 3 fully saturated rings. The Balaban J connectivity index is 1.19. The van der Waals surface area contributed by atoms with Crippen LogP contribution in [0.15, 0.2) is 73.1 Å². The highest BCUT2D eigenvalue weighted by molar-refractivity contribution is 5.93. The van der Waals surface area contributed by atoms with Crippen LogP contribution >= 0.6 is 0 Å². The van der Waals surface area contributed by atoms with E-state index in [9.17, 15) is 9.90 Å². The molecular weight excluding hydrogens is 538 g/mol. The lowest BCUT2D eigenvalue weighted by Gasteiger charge is -2.43. The van der Waals surface area contributed by atoms with Gasteiger partial charge < -0.3 is 19.9 Å². The maximum absolute atomic E-state index is 12.5. The van der Waals surface area contributed by atoms with Crippen LogP contribution in [0.3, 0.4) is 0 Å². The molecule has 1 amide bonds. The minimum atomic E-state index is -0.503. The highest BCUT2D eigenvalue weighted by Crippen LogP contribution is 2.53. The number of carbonyl (C=O) groups excluding carboxylic acids is 1. The third kappa shape index (κ3) is 6.70. The molecule has 2 N–H and O–H groups in total. The van der Waals surface area contributed by atoms with Gasteiger partial charge in [0.2, 0.25) is 0 Å². The van der Waals surface area contributed by atoms with E-state index in [1.807, 2.05) is 36.4 Å². The fraction of sp³-hybridized carbons (Fsp3) is 0.500. The zero-order valence-electron chi connectivity index (χ0n) is 25.8. The molecular formula is C36H45N3O4. The Hall–Kier alpha value is -3.10. The Morgan fingerprint density at radius 2 is 1.72 bits per heavy atom. The lowest BCUT2D eigenvalue weighted by atomic mass is 9.65. The number of pyridine rings is 1. The summed E-state index contributed by atoms with van der Waals surface area (Å²) in [5.41, 5.74) is 5.23. The van der Waals surface area contributed by atoms with E-state index in [1.165, 1.54) is 19.3 Å². The summed E-state index contributed by atoms with van der Waals surface area (Å²) < 4.78 is 13.5. The summed E-state index contributed by atoms with van der Waals surface area (Å²) in [4.78, 5) is 19.2. The summed E-state index contributed by atoms with van der Waals surface area (Å²) in [7, 11) is 0. The number of ether oxygens (including phenoxy) is 2. The number of fused-ring (bicyclic) bond motifs is 2. The molecule has 6 atom stereocenters.